The number of benzene rings is 2. The summed E-state index contributed by atoms with van der Waals surface area (Å²) in [6, 6.07) is 8.31. The van der Waals surface area contributed by atoms with Gasteiger partial charge in [0.2, 0.25) is 15.9 Å². The van der Waals surface area contributed by atoms with Crippen LogP contribution in [0.15, 0.2) is 47.4 Å². The molecule has 8 nitrogen and oxygen atoms in total. The summed E-state index contributed by atoms with van der Waals surface area (Å²) in [6.45, 7) is 4.47. The van der Waals surface area contributed by atoms with Crippen LogP contribution in [-0.2, 0) is 21.0 Å². The molecule has 1 aliphatic rings. The zero-order chi connectivity index (χ0) is 28.1. The normalized spacial score (nSPS) is 15.1. The number of nitrogens with one attached hydrogen (secondary N) is 1. The number of ether oxygens (including phenoxy) is 2. The first-order chi connectivity index (χ1) is 17.9. The Balaban J connectivity index is 1.62. The van der Waals surface area contributed by atoms with Crippen molar-refractivity contribution in [3.63, 3.8) is 0 Å². The molecule has 1 saturated heterocycles. The van der Waals surface area contributed by atoms with Crippen LogP contribution in [0, 0.1) is 0 Å². The van der Waals surface area contributed by atoms with Gasteiger partial charge < -0.3 is 19.7 Å². The van der Waals surface area contributed by atoms with Gasteiger partial charge in [0.25, 0.3) is 0 Å². The van der Waals surface area contributed by atoms with Crippen LogP contribution in [0.3, 0.4) is 0 Å². The van der Waals surface area contributed by atoms with Crippen LogP contribution in [0.4, 0.5) is 18.9 Å². The Kier molecular flexibility index (Phi) is 9.53. The fourth-order valence-electron chi connectivity index (χ4n) is 4.71. The van der Waals surface area contributed by atoms with Crippen molar-refractivity contribution in [3.05, 3.63) is 48.0 Å². The first kappa shape index (κ1) is 29.6. The van der Waals surface area contributed by atoms with E-state index in [0.717, 1.165) is 12.1 Å². The van der Waals surface area contributed by atoms with Crippen molar-refractivity contribution >= 4 is 21.6 Å². The number of carbonyl (C=O) groups excluding carboxylic acids is 1. The van der Waals surface area contributed by atoms with Crippen LogP contribution >= 0.6 is 0 Å². The highest BCUT2D eigenvalue weighted by Gasteiger charge is 2.38. The average Bonchev–Trinajstić information content (AvgIpc) is 2.88. The lowest BCUT2D eigenvalue weighted by molar-refractivity contribution is -0.137. The first-order valence-corrected chi connectivity index (χ1v) is 13.8. The summed E-state index contributed by atoms with van der Waals surface area (Å²) >= 11 is 0. The molecule has 0 spiro atoms. The second-order valence-electron chi connectivity index (χ2n) is 9.28. The van der Waals surface area contributed by atoms with Gasteiger partial charge >= 0.3 is 6.18 Å². The zero-order valence-corrected chi connectivity index (χ0v) is 22.7. The molecule has 2 aromatic carbocycles. The summed E-state index contributed by atoms with van der Waals surface area (Å²) < 4.78 is 78.3. The Hall–Kier alpha value is -2.99. The molecule has 0 aromatic heterocycles. The second kappa shape index (κ2) is 12.2. The molecule has 2 aromatic rings. The summed E-state index contributed by atoms with van der Waals surface area (Å²) in [6.07, 6.45) is -3.65. The molecular formula is C26H34F3N3O5S. The first-order valence-electron chi connectivity index (χ1n) is 12.3. The number of carbonyl (C=O) groups is 1. The van der Waals surface area contributed by atoms with Crippen LogP contribution < -0.4 is 14.8 Å². The van der Waals surface area contributed by atoms with E-state index in [9.17, 15) is 26.4 Å². The number of nitrogens with zero attached hydrogens (tertiary/aromatic N) is 2. The number of sulfonamides is 1. The van der Waals surface area contributed by atoms with Gasteiger partial charge in [0.15, 0.2) is 11.5 Å². The number of halogens is 3. The third kappa shape index (κ3) is 6.71. The van der Waals surface area contributed by atoms with Crippen molar-refractivity contribution < 1.29 is 35.9 Å². The third-order valence-corrected chi connectivity index (χ3v) is 8.60. The van der Waals surface area contributed by atoms with Crippen molar-refractivity contribution in [3.8, 4) is 11.5 Å². The molecule has 0 saturated carbocycles. The smallest absolute Gasteiger partial charge is 0.416 e. The molecule has 38 heavy (non-hydrogen) atoms. The molecule has 3 rings (SSSR count). The molecule has 1 fully saturated rings. The Morgan fingerprint density at radius 3 is 2.34 bits per heavy atom. The minimum absolute atomic E-state index is 0.0744. The number of alkyl halides is 3. The zero-order valence-electron chi connectivity index (χ0n) is 21.9. The lowest BCUT2D eigenvalue weighted by Crippen LogP contribution is -2.51. The fraction of sp³-hybridized carbons (Fsp3) is 0.500. The van der Waals surface area contributed by atoms with Crippen molar-refractivity contribution in [1.29, 1.82) is 0 Å². The lowest BCUT2D eigenvalue weighted by Gasteiger charge is -2.39. The summed E-state index contributed by atoms with van der Waals surface area (Å²) in [7, 11) is -1.10. The molecule has 0 bridgehead atoms. The number of para-hydroxylation sites is 1. The van der Waals surface area contributed by atoms with Crippen LogP contribution in [0.25, 0.3) is 0 Å². The minimum Gasteiger partial charge on any atom is -0.493 e. The van der Waals surface area contributed by atoms with E-state index in [1.807, 2.05) is 12.1 Å². The quantitative estimate of drug-likeness (QED) is 0.459. The number of rotatable bonds is 10. The SMILES string of the molecule is COc1cccc(NCCC(=O)N2CCC(N(C(C)C)S(=O)(=O)c3cccc(C(F)(F)F)c3)CC2)c1OC. The van der Waals surface area contributed by atoms with E-state index in [2.05, 4.69) is 5.32 Å². The molecule has 1 amide bonds. The van der Waals surface area contributed by atoms with Crippen molar-refractivity contribution in [2.75, 3.05) is 39.2 Å². The fourth-order valence-corrected chi connectivity index (χ4v) is 6.64. The summed E-state index contributed by atoms with van der Waals surface area (Å²) in [5.74, 6) is 1.04. The number of hydrogen-bond acceptors (Lipinski definition) is 6. The van der Waals surface area contributed by atoms with Gasteiger partial charge in [0.05, 0.1) is 30.4 Å². The average molecular weight is 558 g/mol. The summed E-state index contributed by atoms with van der Waals surface area (Å²) in [5, 5.41) is 3.18. The maximum atomic E-state index is 13.4. The Morgan fingerprint density at radius 1 is 1.11 bits per heavy atom. The van der Waals surface area contributed by atoms with E-state index < -0.39 is 38.7 Å². The van der Waals surface area contributed by atoms with E-state index >= 15 is 0 Å². The van der Waals surface area contributed by atoms with Gasteiger partial charge in [-0.25, -0.2) is 8.42 Å². The van der Waals surface area contributed by atoms with Gasteiger partial charge in [-0.3, -0.25) is 4.79 Å². The molecule has 1 heterocycles. The van der Waals surface area contributed by atoms with Gasteiger partial charge in [-0.05, 0) is 57.0 Å². The van der Waals surface area contributed by atoms with Crippen LogP contribution in [-0.4, -0.2) is 69.5 Å². The molecule has 0 radical (unpaired) electrons. The largest absolute Gasteiger partial charge is 0.493 e. The predicted octanol–water partition coefficient (Wildman–Crippen LogP) is 4.61. The number of amides is 1. The van der Waals surface area contributed by atoms with Gasteiger partial charge in [-0.1, -0.05) is 12.1 Å². The lowest BCUT2D eigenvalue weighted by atomic mass is 10.0. The highest BCUT2D eigenvalue weighted by molar-refractivity contribution is 7.89. The minimum atomic E-state index is -4.65. The predicted molar refractivity (Wildman–Crippen MR) is 138 cm³/mol. The number of methoxy groups -OCH3 is 2. The molecule has 0 atom stereocenters. The van der Waals surface area contributed by atoms with Crippen molar-refractivity contribution in [2.45, 2.75) is 56.3 Å². The van der Waals surface area contributed by atoms with Gasteiger partial charge in [-0.15, -0.1) is 0 Å². The van der Waals surface area contributed by atoms with E-state index in [0.29, 0.717) is 55.7 Å². The summed E-state index contributed by atoms with van der Waals surface area (Å²) in [5.41, 5.74) is -0.311. The van der Waals surface area contributed by atoms with E-state index in [1.165, 1.54) is 17.5 Å². The number of piperidine rings is 1. The molecular weight excluding hydrogens is 523 g/mol. The molecule has 12 heteroatoms. The van der Waals surface area contributed by atoms with Crippen molar-refractivity contribution in [1.82, 2.24) is 9.21 Å². The monoisotopic (exact) mass is 557 g/mol. The van der Waals surface area contributed by atoms with Crippen LogP contribution in [0.1, 0.15) is 38.7 Å². The summed E-state index contributed by atoms with van der Waals surface area (Å²) in [4.78, 5) is 14.1. The van der Waals surface area contributed by atoms with Crippen LogP contribution in [0.5, 0.6) is 11.5 Å². The standard InChI is InChI=1S/C26H34F3N3O5S/c1-18(2)32(38(34,35)21-8-5-7-19(17-21)26(27,28)29)20-12-15-31(16-13-20)24(33)11-14-30-22-9-6-10-23(36-3)25(22)37-4/h5-10,17-18,20,30H,11-16H2,1-4H3. The molecule has 1 aliphatic heterocycles. The Labute approximate surface area is 221 Å². The third-order valence-electron chi connectivity index (χ3n) is 6.48. The van der Waals surface area contributed by atoms with Crippen molar-refractivity contribution in [2.24, 2.45) is 0 Å². The molecule has 1 N–H and O–H groups in total. The van der Waals surface area contributed by atoms with Gasteiger partial charge in [0, 0.05) is 38.1 Å². The number of hydrogen-bond donors (Lipinski definition) is 1. The maximum Gasteiger partial charge on any atom is 0.416 e. The Morgan fingerprint density at radius 2 is 1.76 bits per heavy atom. The van der Waals surface area contributed by atoms with Gasteiger partial charge in [-0.2, -0.15) is 17.5 Å². The Bertz CT molecular complexity index is 1210. The van der Waals surface area contributed by atoms with E-state index in [4.69, 9.17) is 9.47 Å². The highest BCUT2D eigenvalue weighted by atomic mass is 32.2. The topological polar surface area (TPSA) is 88.2 Å². The number of anilines is 1. The molecule has 0 unspecified atom stereocenters. The van der Waals surface area contributed by atoms with Gasteiger partial charge in [0.1, 0.15) is 0 Å². The van der Waals surface area contributed by atoms with Crippen LogP contribution in [0.2, 0.25) is 0 Å². The maximum absolute atomic E-state index is 13.4. The highest BCUT2D eigenvalue weighted by Crippen LogP contribution is 2.35. The van der Waals surface area contributed by atoms with E-state index in [-0.39, 0.29) is 12.3 Å². The van der Waals surface area contributed by atoms with E-state index in [1.54, 1.807) is 31.9 Å². The number of likely N-dealkylation sites (tertiary alicyclic amines) is 1. The molecule has 210 valence electrons. The molecule has 0 aliphatic carbocycles. The second-order valence-corrected chi connectivity index (χ2v) is 11.1.